The number of rotatable bonds is 8. The first-order valence-electron chi connectivity index (χ1n) is 10.8. The Kier molecular flexibility index (Phi) is 7.00. The fourth-order valence-electron chi connectivity index (χ4n) is 4.04. The van der Waals surface area contributed by atoms with Gasteiger partial charge in [0, 0.05) is 17.5 Å². The third-order valence-corrected chi connectivity index (χ3v) is 5.93. The van der Waals surface area contributed by atoms with E-state index in [1.165, 1.54) is 0 Å². The molecular weight excluding hydrogens is 432 g/mol. The van der Waals surface area contributed by atoms with Crippen LogP contribution in [0.15, 0.2) is 84.9 Å². The van der Waals surface area contributed by atoms with Gasteiger partial charge in [-0.3, -0.25) is 14.5 Å². The van der Waals surface area contributed by atoms with Crippen molar-refractivity contribution in [3.05, 3.63) is 101 Å². The van der Waals surface area contributed by atoms with Crippen LogP contribution in [-0.4, -0.2) is 33.8 Å². The van der Waals surface area contributed by atoms with Gasteiger partial charge in [-0.15, -0.1) is 0 Å². The normalized spacial score (nSPS) is 11.8. The number of H-pyrrole nitrogens is 1. The van der Waals surface area contributed by atoms with Crippen molar-refractivity contribution in [3.8, 4) is 17.1 Å². The van der Waals surface area contributed by atoms with Crippen molar-refractivity contribution in [1.29, 1.82) is 0 Å². The number of aromatic nitrogens is 3. The van der Waals surface area contributed by atoms with E-state index in [1.54, 1.807) is 11.7 Å². The minimum Gasteiger partial charge on any atom is -0.497 e. The van der Waals surface area contributed by atoms with Crippen molar-refractivity contribution in [2.75, 3.05) is 7.11 Å². The lowest BCUT2D eigenvalue weighted by atomic mass is 9.86. The molecule has 1 amide bonds. The summed E-state index contributed by atoms with van der Waals surface area (Å²) in [5.41, 5.74) is 3.14. The molecule has 0 saturated carbocycles. The number of hydrogen-bond acceptors (Lipinski definition) is 4. The monoisotopic (exact) mass is 458 g/mol. The molecule has 0 fully saturated rings. The summed E-state index contributed by atoms with van der Waals surface area (Å²) in [5.74, 6) is 1.24. The Balaban J connectivity index is 1.55. The van der Waals surface area contributed by atoms with Gasteiger partial charge in [-0.05, 0) is 54.5 Å². The average molecular weight is 459 g/mol. The molecule has 1 aromatic heterocycles. The summed E-state index contributed by atoms with van der Waals surface area (Å²) in [6.45, 7) is 2.10. The number of hydrogen-bond donors (Lipinski definition) is 2. The third kappa shape index (κ3) is 5.21. The molecule has 4 aromatic rings. The second kappa shape index (κ2) is 10.3. The molecule has 0 spiro atoms. The lowest BCUT2D eigenvalue weighted by molar-refractivity contribution is -0.122. The van der Waals surface area contributed by atoms with Crippen molar-refractivity contribution in [1.82, 2.24) is 20.1 Å². The highest BCUT2D eigenvalue weighted by atomic mass is 32.1. The largest absolute Gasteiger partial charge is 0.497 e. The molecule has 33 heavy (non-hydrogen) atoms. The maximum absolute atomic E-state index is 13.1. The number of amides is 1. The second-order valence-corrected chi connectivity index (χ2v) is 8.21. The van der Waals surface area contributed by atoms with Crippen LogP contribution in [0, 0.1) is 4.77 Å². The molecule has 0 aliphatic heterocycles. The zero-order chi connectivity index (χ0) is 23.2. The Bertz CT molecular complexity index is 1210. The molecule has 3 aromatic carbocycles. The third-order valence-electron chi connectivity index (χ3n) is 5.61. The average Bonchev–Trinajstić information content (AvgIpc) is 3.20. The van der Waals surface area contributed by atoms with Crippen molar-refractivity contribution in [3.63, 3.8) is 0 Å². The number of aromatic amines is 1. The molecule has 0 aliphatic rings. The van der Waals surface area contributed by atoms with Gasteiger partial charge in [-0.2, -0.15) is 5.10 Å². The van der Waals surface area contributed by atoms with Gasteiger partial charge in [0.25, 0.3) is 0 Å². The molecule has 0 aliphatic carbocycles. The van der Waals surface area contributed by atoms with E-state index in [1.807, 2.05) is 67.6 Å². The number of methoxy groups -OCH3 is 1. The summed E-state index contributed by atoms with van der Waals surface area (Å²) in [5, 5.41) is 10.3. The topological polar surface area (TPSA) is 71.9 Å². The minimum absolute atomic E-state index is 0.0229. The van der Waals surface area contributed by atoms with Gasteiger partial charge in [-0.25, -0.2) is 0 Å². The summed E-state index contributed by atoms with van der Waals surface area (Å²) in [6, 6.07) is 27.8. The van der Waals surface area contributed by atoms with Gasteiger partial charge in [0.15, 0.2) is 10.6 Å². The van der Waals surface area contributed by atoms with E-state index in [4.69, 9.17) is 17.0 Å². The predicted octanol–water partition coefficient (Wildman–Crippen LogP) is 4.95. The van der Waals surface area contributed by atoms with E-state index in [9.17, 15) is 4.79 Å². The van der Waals surface area contributed by atoms with E-state index < -0.39 is 0 Å². The molecule has 1 heterocycles. The Morgan fingerprint density at radius 3 is 2.12 bits per heavy atom. The number of ether oxygens (including phenoxy) is 1. The lowest BCUT2D eigenvalue weighted by Gasteiger charge is -2.26. The van der Waals surface area contributed by atoms with Gasteiger partial charge in [0.05, 0.1) is 7.11 Å². The van der Waals surface area contributed by atoms with Crippen LogP contribution in [0.5, 0.6) is 5.75 Å². The van der Waals surface area contributed by atoms with Crippen LogP contribution in [0.2, 0.25) is 0 Å². The summed E-state index contributed by atoms with van der Waals surface area (Å²) in [6.07, 6.45) is 0. The molecule has 1 atom stereocenters. The minimum atomic E-state index is -0.133. The van der Waals surface area contributed by atoms with Gasteiger partial charge in [0.2, 0.25) is 5.91 Å². The van der Waals surface area contributed by atoms with E-state index in [0.29, 0.717) is 10.6 Å². The fourth-order valence-corrected chi connectivity index (χ4v) is 4.24. The molecule has 0 bridgehead atoms. The van der Waals surface area contributed by atoms with Crippen molar-refractivity contribution < 1.29 is 9.53 Å². The Morgan fingerprint density at radius 1 is 1.00 bits per heavy atom. The van der Waals surface area contributed by atoms with Crippen LogP contribution < -0.4 is 10.1 Å². The summed E-state index contributed by atoms with van der Waals surface area (Å²) < 4.78 is 7.33. The molecule has 7 heteroatoms. The number of nitrogens with zero attached hydrogens (tertiary/aromatic N) is 2. The Morgan fingerprint density at radius 2 is 1.58 bits per heavy atom. The van der Waals surface area contributed by atoms with Crippen molar-refractivity contribution in [2.24, 2.45) is 0 Å². The van der Waals surface area contributed by atoms with E-state index >= 15 is 0 Å². The smallest absolute Gasteiger partial charge is 0.240 e. The zero-order valence-corrected chi connectivity index (χ0v) is 19.4. The lowest BCUT2D eigenvalue weighted by Crippen LogP contribution is -2.39. The standard InChI is InChI=1S/C26H26N4O2S/c1-18(24(19-9-5-3-6-10-19)20-11-7-4-8-12-20)27-23(31)17-30-25(28-29-26(30)33)21-13-15-22(32-2)16-14-21/h3-16,18,24H,17H2,1-2H3,(H,27,31)(H,29,33). The molecular formula is C26H26N4O2S. The second-order valence-electron chi connectivity index (χ2n) is 7.82. The van der Waals surface area contributed by atoms with Gasteiger partial charge >= 0.3 is 0 Å². The SMILES string of the molecule is COc1ccc(-c2n[nH]c(=S)n2CC(=O)NC(C)C(c2ccccc2)c2ccccc2)cc1. The van der Waals surface area contributed by atoms with Crippen LogP contribution in [0.25, 0.3) is 11.4 Å². The van der Waals surface area contributed by atoms with Crippen LogP contribution in [0.1, 0.15) is 24.0 Å². The fraction of sp³-hybridized carbons (Fsp3) is 0.192. The summed E-state index contributed by atoms with van der Waals surface area (Å²) >= 11 is 5.40. The maximum Gasteiger partial charge on any atom is 0.240 e. The number of carbonyl (C=O) groups excluding carboxylic acids is 1. The highest BCUT2D eigenvalue weighted by Gasteiger charge is 2.23. The Hall–Kier alpha value is -3.71. The molecule has 0 radical (unpaired) electrons. The maximum atomic E-state index is 13.1. The number of benzene rings is 3. The first-order chi connectivity index (χ1) is 16.1. The quantitative estimate of drug-likeness (QED) is 0.366. The highest BCUT2D eigenvalue weighted by Crippen LogP contribution is 2.28. The molecule has 2 N–H and O–H groups in total. The zero-order valence-electron chi connectivity index (χ0n) is 18.6. The summed E-state index contributed by atoms with van der Waals surface area (Å²) in [4.78, 5) is 13.1. The van der Waals surface area contributed by atoms with Gasteiger partial charge in [0.1, 0.15) is 12.3 Å². The molecule has 1 unspecified atom stereocenters. The van der Waals surface area contributed by atoms with Crippen molar-refractivity contribution >= 4 is 18.1 Å². The van der Waals surface area contributed by atoms with Crippen LogP contribution >= 0.6 is 12.2 Å². The highest BCUT2D eigenvalue weighted by molar-refractivity contribution is 7.71. The van der Waals surface area contributed by atoms with E-state index in [-0.39, 0.29) is 24.4 Å². The molecule has 6 nitrogen and oxygen atoms in total. The van der Waals surface area contributed by atoms with E-state index in [2.05, 4.69) is 39.8 Å². The molecule has 168 valence electrons. The van der Waals surface area contributed by atoms with Crippen LogP contribution in [-0.2, 0) is 11.3 Å². The predicted molar refractivity (Wildman–Crippen MR) is 132 cm³/mol. The number of nitrogens with one attached hydrogen (secondary N) is 2. The van der Waals surface area contributed by atoms with E-state index in [0.717, 1.165) is 22.4 Å². The first-order valence-corrected chi connectivity index (χ1v) is 11.2. The van der Waals surface area contributed by atoms with Crippen molar-refractivity contribution in [2.45, 2.75) is 25.4 Å². The van der Waals surface area contributed by atoms with Crippen LogP contribution in [0.3, 0.4) is 0 Å². The molecule has 0 saturated heterocycles. The Labute approximate surface area is 198 Å². The molecule has 4 rings (SSSR count). The number of carbonyl (C=O) groups is 1. The summed E-state index contributed by atoms with van der Waals surface area (Å²) in [7, 11) is 1.62. The first kappa shape index (κ1) is 22.5. The van der Waals surface area contributed by atoms with Gasteiger partial charge < -0.3 is 10.1 Å². The van der Waals surface area contributed by atoms with Crippen LogP contribution in [0.4, 0.5) is 0 Å². The van der Waals surface area contributed by atoms with Gasteiger partial charge in [-0.1, -0.05) is 60.7 Å².